The number of rotatable bonds is 5. The number of nitrogens with one attached hydrogen (secondary N) is 2. The molecule has 15 heavy (non-hydrogen) atoms. The monoisotopic (exact) mass is 215 g/mol. The van der Waals surface area contributed by atoms with Crippen LogP contribution in [-0.4, -0.2) is 44.2 Å². The highest BCUT2D eigenvalue weighted by Gasteiger charge is 2.15. The van der Waals surface area contributed by atoms with E-state index < -0.39 is 5.91 Å². The number of carbonyl (C=O) groups is 2. The van der Waals surface area contributed by atoms with Crippen molar-refractivity contribution in [1.82, 2.24) is 10.6 Å². The van der Waals surface area contributed by atoms with E-state index >= 15 is 0 Å². The first-order chi connectivity index (χ1) is 7.18. The maximum atomic E-state index is 11.3. The average Bonchev–Trinajstić information content (AvgIpc) is 2.18. The molecule has 0 aromatic carbocycles. The SMILES string of the molecule is NC(=O)CNCC(=O)NC1CCOCC1. The van der Waals surface area contributed by atoms with Crippen molar-refractivity contribution in [1.29, 1.82) is 0 Å². The lowest BCUT2D eigenvalue weighted by Crippen LogP contribution is -2.44. The summed E-state index contributed by atoms with van der Waals surface area (Å²) in [5.41, 5.74) is 4.91. The lowest BCUT2D eigenvalue weighted by molar-refractivity contribution is -0.121. The highest BCUT2D eigenvalue weighted by molar-refractivity contribution is 5.80. The Bertz CT molecular complexity index is 227. The van der Waals surface area contributed by atoms with Crippen molar-refractivity contribution in [2.75, 3.05) is 26.3 Å². The van der Waals surface area contributed by atoms with Crippen LogP contribution in [-0.2, 0) is 14.3 Å². The van der Waals surface area contributed by atoms with Crippen molar-refractivity contribution in [3.63, 3.8) is 0 Å². The fourth-order valence-corrected chi connectivity index (χ4v) is 1.42. The van der Waals surface area contributed by atoms with Gasteiger partial charge in [0, 0.05) is 19.3 Å². The first-order valence-electron chi connectivity index (χ1n) is 5.04. The summed E-state index contributed by atoms with van der Waals surface area (Å²) in [4.78, 5) is 21.7. The molecule has 1 rings (SSSR count). The molecule has 0 atom stereocenters. The lowest BCUT2D eigenvalue weighted by atomic mass is 10.1. The van der Waals surface area contributed by atoms with Gasteiger partial charge in [0.15, 0.2) is 0 Å². The van der Waals surface area contributed by atoms with Crippen LogP contribution in [0.4, 0.5) is 0 Å². The van der Waals surface area contributed by atoms with Crippen LogP contribution >= 0.6 is 0 Å². The predicted octanol–water partition coefficient (Wildman–Crippen LogP) is -1.64. The van der Waals surface area contributed by atoms with Gasteiger partial charge in [0.25, 0.3) is 0 Å². The molecular formula is C9H17N3O3. The zero-order valence-electron chi connectivity index (χ0n) is 8.62. The number of carbonyl (C=O) groups excluding carboxylic acids is 2. The predicted molar refractivity (Wildman–Crippen MR) is 54.0 cm³/mol. The molecule has 1 aliphatic heterocycles. The summed E-state index contributed by atoms with van der Waals surface area (Å²) in [5, 5.41) is 5.52. The third-order valence-electron chi connectivity index (χ3n) is 2.17. The molecule has 0 saturated carbocycles. The Morgan fingerprint density at radius 3 is 2.53 bits per heavy atom. The first-order valence-corrected chi connectivity index (χ1v) is 5.04. The number of nitrogens with two attached hydrogens (primary N) is 1. The molecule has 0 bridgehead atoms. The van der Waals surface area contributed by atoms with E-state index in [0.29, 0.717) is 13.2 Å². The van der Waals surface area contributed by atoms with Gasteiger partial charge in [-0.2, -0.15) is 0 Å². The Balaban J connectivity index is 2.09. The van der Waals surface area contributed by atoms with Crippen LogP contribution in [0.15, 0.2) is 0 Å². The van der Waals surface area contributed by atoms with E-state index in [1.807, 2.05) is 0 Å². The smallest absolute Gasteiger partial charge is 0.234 e. The minimum absolute atomic E-state index is 0.0290. The molecule has 1 aliphatic rings. The van der Waals surface area contributed by atoms with Gasteiger partial charge in [-0.1, -0.05) is 0 Å². The van der Waals surface area contributed by atoms with Gasteiger partial charge >= 0.3 is 0 Å². The third-order valence-corrected chi connectivity index (χ3v) is 2.17. The summed E-state index contributed by atoms with van der Waals surface area (Å²) in [6, 6.07) is 0.196. The summed E-state index contributed by atoms with van der Waals surface area (Å²) < 4.78 is 5.17. The van der Waals surface area contributed by atoms with E-state index in [4.69, 9.17) is 10.5 Å². The van der Waals surface area contributed by atoms with Gasteiger partial charge in [-0.3, -0.25) is 14.9 Å². The average molecular weight is 215 g/mol. The molecule has 1 saturated heterocycles. The molecule has 6 nitrogen and oxygen atoms in total. The second-order valence-corrected chi connectivity index (χ2v) is 3.52. The van der Waals surface area contributed by atoms with Gasteiger partial charge in [0.1, 0.15) is 0 Å². The van der Waals surface area contributed by atoms with Crippen LogP contribution < -0.4 is 16.4 Å². The number of primary amides is 1. The Labute approximate surface area is 88.5 Å². The van der Waals surface area contributed by atoms with Crippen LogP contribution in [0.1, 0.15) is 12.8 Å². The molecule has 0 radical (unpaired) electrons. The van der Waals surface area contributed by atoms with Crippen molar-refractivity contribution in [2.45, 2.75) is 18.9 Å². The zero-order chi connectivity index (χ0) is 11.1. The summed E-state index contributed by atoms with van der Waals surface area (Å²) in [7, 11) is 0. The first kappa shape index (κ1) is 11.9. The molecular weight excluding hydrogens is 198 g/mol. The molecule has 1 heterocycles. The fourth-order valence-electron chi connectivity index (χ4n) is 1.42. The summed E-state index contributed by atoms with van der Waals surface area (Å²) in [6.45, 7) is 1.54. The Kier molecular flexibility index (Phi) is 5.06. The standard InChI is InChI=1S/C9H17N3O3/c10-8(13)5-11-6-9(14)12-7-1-3-15-4-2-7/h7,11H,1-6H2,(H2,10,13)(H,12,14). The van der Waals surface area contributed by atoms with Gasteiger partial charge in [-0.15, -0.1) is 0 Å². The zero-order valence-corrected chi connectivity index (χ0v) is 8.62. The van der Waals surface area contributed by atoms with Gasteiger partial charge in [-0.25, -0.2) is 0 Å². The molecule has 2 amide bonds. The van der Waals surface area contributed by atoms with E-state index in [2.05, 4.69) is 10.6 Å². The van der Waals surface area contributed by atoms with E-state index in [-0.39, 0.29) is 25.0 Å². The Morgan fingerprint density at radius 2 is 1.93 bits per heavy atom. The molecule has 6 heteroatoms. The second-order valence-electron chi connectivity index (χ2n) is 3.52. The van der Waals surface area contributed by atoms with E-state index in [1.54, 1.807) is 0 Å². The second kappa shape index (κ2) is 6.36. The van der Waals surface area contributed by atoms with Crippen LogP contribution in [0.5, 0.6) is 0 Å². The molecule has 0 aliphatic carbocycles. The maximum absolute atomic E-state index is 11.3. The van der Waals surface area contributed by atoms with E-state index in [0.717, 1.165) is 12.8 Å². The molecule has 0 aromatic rings. The number of ether oxygens (including phenoxy) is 1. The summed E-state index contributed by atoms with van der Waals surface area (Å²) in [5.74, 6) is -0.572. The minimum atomic E-state index is -0.464. The van der Waals surface area contributed by atoms with Crippen LogP contribution in [0, 0.1) is 0 Å². The number of hydrogen-bond acceptors (Lipinski definition) is 4. The fraction of sp³-hybridized carbons (Fsp3) is 0.778. The highest BCUT2D eigenvalue weighted by Crippen LogP contribution is 2.05. The number of amides is 2. The normalized spacial score (nSPS) is 17.3. The highest BCUT2D eigenvalue weighted by atomic mass is 16.5. The molecule has 86 valence electrons. The quantitative estimate of drug-likeness (QED) is 0.512. The van der Waals surface area contributed by atoms with Crippen LogP contribution in [0.25, 0.3) is 0 Å². The van der Waals surface area contributed by atoms with Gasteiger partial charge in [-0.05, 0) is 12.8 Å². The van der Waals surface area contributed by atoms with Crippen molar-refractivity contribution in [3.05, 3.63) is 0 Å². The molecule has 0 spiro atoms. The molecule has 0 aromatic heterocycles. The van der Waals surface area contributed by atoms with Gasteiger partial charge < -0.3 is 15.8 Å². The molecule has 4 N–H and O–H groups in total. The maximum Gasteiger partial charge on any atom is 0.234 e. The van der Waals surface area contributed by atoms with Crippen molar-refractivity contribution in [2.24, 2.45) is 5.73 Å². The Morgan fingerprint density at radius 1 is 1.27 bits per heavy atom. The van der Waals surface area contributed by atoms with Crippen molar-refractivity contribution in [3.8, 4) is 0 Å². The van der Waals surface area contributed by atoms with Crippen LogP contribution in [0.2, 0.25) is 0 Å². The van der Waals surface area contributed by atoms with Crippen molar-refractivity contribution < 1.29 is 14.3 Å². The summed E-state index contributed by atoms with van der Waals surface area (Å²) in [6.07, 6.45) is 1.70. The largest absolute Gasteiger partial charge is 0.381 e. The van der Waals surface area contributed by atoms with E-state index in [9.17, 15) is 9.59 Å². The third kappa shape index (κ3) is 5.34. The number of hydrogen-bond donors (Lipinski definition) is 3. The Hall–Kier alpha value is -1.14. The lowest BCUT2D eigenvalue weighted by Gasteiger charge is -2.23. The van der Waals surface area contributed by atoms with E-state index in [1.165, 1.54) is 0 Å². The minimum Gasteiger partial charge on any atom is -0.381 e. The topological polar surface area (TPSA) is 93.5 Å². The van der Waals surface area contributed by atoms with Crippen molar-refractivity contribution >= 4 is 11.8 Å². The molecule has 0 unspecified atom stereocenters. The van der Waals surface area contributed by atoms with Gasteiger partial charge in [0.2, 0.25) is 11.8 Å². The summed E-state index contributed by atoms with van der Waals surface area (Å²) >= 11 is 0. The van der Waals surface area contributed by atoms with Crippen LogP contribution in [0.3, 0.4) is 0 Å². The van der Waals surface area contributed by atoms with Gasteiger partial charge in [0.05, 0.1) is 13.1 Å². The molecule has 1 fully saturated rings.